The molecule has 1 nitrogen and oxygen atoms in total. The predicted molar refractivity (Wildman–Crippen MR) is 171 cm³/mol. The van der Waals surface area contributed by atoms with Gasteiger partial charge in [0.25, 0.3) is 0 Å². The topological polar surface area (TPSA) is 23.8 Å². The van der Waals surface area contributed by atoms with E-state index in [0.717, 1.165) is 5.56 Å². The molecule has 0 radical (unpaired) electrons. The molecule has 0 saturated carbocycles. The molecule has 0 bridgehead atoms. The van der Waals surface area contributed by atoms with E-state index in [1.165, 1.54) is 61.2 Å². The highest BCUT2D eigenvalue weighted by molar-refractivity contribution is 5.93. The SMILES string of the molecule is CC1(C)c2ccc(-c3ccc(C#N)cc3)cc2-c2cc3c(cc21)C(c1ccccc1)(c1ccccc1)c1ccccc1-3. The van der Waals surface area contributed by atoms with Crippen molar-refractivity contribution in [1.82, 2.24) is 0 Å². The molecular formula is C41H29N. The lowest BCUT2D eigenvalue weighted by atomic mass is 9.67. The molecule has 0 fully saturated rings. The number of nitrogens with zero attached hydrogens (tertiary/aromatic N) is 1. The Kier molecular flexibility index (Phi) is 5.21. The molecule has 0 atom stereocenters. The molecule has 0 N–H and O–H groups in total. The summed E-state index contributed by atoms with van der Waals surface area (Å²) in [5, 5.41) is 9.27. The van der Waals surface area contributed by atoms with Crippen LogP contribution in [0.25, 0.3) is 33.4 Å². The van der Waals surface area contributed by atoms with Crippen molar-refractivity contribution in [2.24, 2.45) is 0 Å². The van der Waals surface area contributed by atoms with Crippen LogP contribution in [0.15, 0.2) is 140 Å². The van der Waals surface area contributed by atoms with Crippen LogP contribution >= 0.6 is 0 Å². The fraction of sp³-hybridized carbons (Fsp3) is 0.0976. The minimum Gasteiger partial charge on any atom is -0.192 e. The van der Waals surface area contributed by atoms with Crippen LogP contribution in [0.4, 0.5) is 0 Å². The molecule has 8 rings (SSSR count). The number of rotatable bonds is 3. The van der Waals surface area contributed by atoms with Crippen molar-refractivity contribution in [3.05, 3.63) is 178 Å². The monoisotopic (exact) mass is 535 g/mol. The van der Waals surface area contributed by atoms with Crippen LogP contribution in [-0.4, -0.2) is 0 Å². The molecule has 0 aliphatic heterocycles. The molecule has 6 aromatic carbocycles. The summed E-state index contributed by atoms with van der Waals surface area (Å²) in [6, 6.07) is 53.0. The standard InChI is InChI=1S/C41H29N/c1-40(2)36-22-21-29(28-19-17-27(26-42)18-20-28)23-33(36)35-24-34-32-15-9-10-16-37(32)41(39(34)25-38(35)40,30-11-5-3-6-12-30)31-13-7-4-8-14-31/h3-25H,1-2H3. The van der Waals surface area contributed by atoms with Crippen molar-refractivity contribution in [3.63, 3.8) is 0 Å². The lowest BCUT2D eigenvalue weighted by molar-refractivity contribution is 0.656. The highest BCUT2D eigenvalue weighted by Crippen LogP contribution is 2.60. The average Bonchev–Trinajstić information content (AvgIpc) is 3.46. The summed E-state index contributed by atoms with van der Waals surface area (Å²) in [5.41, 5.74) is 15.7. The van der Waals surface area contributed by atoms with E-state index in [4.69, 9.17) is 0 Å². The van der Waals surface area contributed by atoms with Crippen LogP contribution < -0.4 is 0 Å². The van der Waals surface area contributed by atoms with Gasteiger partial charge in [-0.05, 0) is 91.0 Å². The van der Waals surface area contributed by atoms with E-state index < -0.39 is 5.41 Å². The van der Waals surface area contributed by atoms with E-state index in [-0.39, 0.29) is 5.41 Å². The van der Waals surface area contributed by atoms with Gasteiger partial charge in [0, 0.05) is 5.41 Å². The predicted octanol–water partition coefficient (Wildman–Crippen LogP) is 9.89. The fourth-order valence-corrected chi connectivity index (χ4v) is 7.60. The zero-order valence-corrected chi connectivity index (χ0v) is 23.7. The van der Waals surface area contributed by atoms with Crippen molar-refractivity contribution in [2.75, 3.05) is 0 Å². The molecule has 198 valence electrons. The van der Waals surface area contributed by atoms with E-state index in [2.05, 4.69) is 135 Å². The molecular weight excluding hydrogens is 506 g/mol. The Bertz CT molecular complexity index is 2000. The van der Waals surface area contributed by atoms with Crippen LogP contribution in [0, 0.1) is 11.3 Å². The second kappa shape index (κ2) is 8.90. The maximum atomic E-state index is 9.27. The molecule has 42 heavy (non-hydrogen) atoms. The summed E-state index contributed by atoms with van der Waals surface area (Å²) >= 11 is 0. The fourth-order valence-electron chi connectivity index (χ4n) is 7.60. The molecule has 1 heteroatoms. The molecule has 0 unspecified atom stereocenters. The first-order valence-corrected chi connectivity index (χ1v) is 14.6. The van der Waals surface area contributed by atoms with Crippen LogP contribution in [0.2, 0.25) is 0 Å². The Hall–Kier alpha value is -5.19. The lowest BCUT2D eigenvalue weighted by Crippen LogP contribution is -2.29. The van der Waals surface area contributed by atoms with Crippen LogP contribution in [0.5, 0.6) is 0 Å². The van der Waals surface area contributed by atoms with Gasteiger partial charge in [-0.25, -0.2) is 0 Å². The molecule has 2 aliphatic rings. The molecule has 0 amide bonds. The average molecular weight is 536 g/mol. The molecule has 0 aromatic heterocycles. The van der Waals surface area contributed by atoms with Crippen LogP contribution in [0.3, 0.4) is 0 Å². The third-order valence-electron chi connectivity index (χ3n) is 9.60. The van der Waals surface area contributed by atoms with Gasteiger partial charge in [0.15, 0.2) is 0 Å². The maximum absolute atomic E-state index is 9.27. The first-order valence-electron chi connectivity index (χ1n) is 14.6. The molecule has 0 saturated heterocycles. The van der Waals surface area contributed by atoms with E-state index in [1.54, 1.807) is 0 Å². The van der Waals surface area contributed by atoms with Crippen LogP contribution in [0.1, 0.15) is 52.8 Å². The molecule has 6 aromatic rings. The number of fused-ring (bicyclic) bond motifs is 6. The second-order valence-electron chi connectivity index (χ2n) is 12.0. The smallest absolute Gasteiger partial charge is 0.0991 e. The van der Waals surface area contributed by atoms with Crippen molar-refractivity contribution in [1.29, 1.82) is 5.26 Å². The van der Waals surface area contributed by atoms with Crippen molar-refractivity contribution in [2.45, 2.75) is 24.7 Å². The molecule has 2 aliphatic carbocycles. The Morgan fingerprint density at radius 1 is 0.452 bits per heavy atom. The van der Waals surface area contributed by atoms with Crippen molar-refractivity contribution in [3.8, 4) is 39.4 Å². The Balaban J connectivity index is 1.42. The number of nitriles is 1. The summed E-state index contributed by atoms with van der Waals surface area (Å²) in [5.74, 6) is 0. The van der Waals surface area contributed by atoms with E-state index in [1.807, 2.05) is 24.3 Å². The summed E-state index contributed by atoms with van der Waals surface area (Å²) in [6.07, 6.45) is 0. The second-order valence-corrected chi connectivity index (χ2v) is 12.0. The summed E-state index contributed by atoms with van der Waals surface area (Å²) in [4.78, 5) is 0. The van der Waals surface area contributed by atoms with Gasteiger partial charge in [-0.1, -0.05) is 129 Å². The first-order chi connectivity index (χ1) is 20.5. The van der Waals surface area contributed by atoms with E-state index in [9.17, 15) is 5.26 Å². The number of hydrogen-bond acceptors (Lipinski definition) is 1. The molecule has 0 heterocycles. The normalized spacial score (nSPS) is 14.8. The Labute approximate surface area is 247 Å². The largest absolute Gasteiger partial charge is 0.192 e. The van der Waals surface area contributed by atoms with Crippen molar-refractivity contribution < 1.29 is 0 Å². The van der Waals surface area contributed by atoms with Gasteiger partial charge in [-0.3, -0.25) is 0 Å². The van der Waals surface area contributed by atoms with Gasteiger partial charge in [0.05, 0.1) is 17.0 Å². The maximum Gasteiger partial charge on any atom is 0.0991 e. The summed E-state index contributed by atoms with van der Waals surface area (Å²) in [7, 11) is 0. The van der Waals surface area contributed by atoms with Gasteiger partial charge in [-0.15, -0.1) is 0 Å². The van der Waals surface area contributed by atoms with E-state index in [0.29, 0.717) is 5.56 Å². The first kappa shape index (κ1) is 24.6. The lowest BCUT2D eigenvalue weighted by Gasteiger charge is -2.34. The summed E-state index contributed by atoms with van der Waals surface area (Å²) in [6.45, 7) is 4.72. The highest BCUT2D eigenvalue weighted by Gasteiger charge is 2.48. The minimum absolute atomic E-state index is 0.142. The van der Waals surface area contributed by atoms with Gasteiger partial charge < -0.3 is 0 Å². The Morgan fingerprint density at radius 2 is 1.02 bits per heavy atom. The zero-order chi connectivity index (χ0) is 28.5. The number of hydrogen-bond donors (Lipinski definition) is 0. The van der Waals surface area contributed by atoms with Gasteiger partial charge >= 0.3 is 0 Å². The van der Waals surface area contributed by atoms with Gasteiger partial charge in [-0.2, -0.15) is 5.26 Å². The van der Waals surface area contributed by atoms with Crippen molar-refractivity contribution >= 4 is 0 Å². The number of benzene rings is 6. The van der Waals surface area contributed by atoms with Gasteiger partial charge in [0.2, 0.25) is 0 Å². The van der Waals surface area contributed by atoms with Crippen LogP contribution in [-0.2, 0) is 10.8 Å². The third-order valence-corrected chi connectivity index (χ3v) is 9.60. The Morgan fingerprint density at radius 3 is 1.69 bits per heavy atom. The minimum atomic E-state index is -0.401. The van der Waals surface area contributed by atoms with Gasteiger partial charge in [0.1, 0.15) is 0 Å². The van der Waals surface area contributed by atoms with E-state index >= 15 is 0 Å². The highest BCUT2D eigenvalue weighted by atomic mass is 14.5. The summed E-state index contributed by atoms with van der Waals surface area (Å²) < 4.78 is 0. The quantitative estimate of drug-likeness (QED) is 0.221. The zero-order valence-electron chi connectivity index (χ0n) is 23.7. The molecule has 0 spiro atoms. The third kappa shape index (κ3) is 3.24.